The number of alkyl halides is 2. The summed E-state index contributed by atoms with van der Waals surface area (Å²) in [7, 11) is 2.36. The SMILES string of the molecule is CCCCC(F)C(O)CC[C@H]1C(OP)CC2OC(C(Br)CCCC(=O)OCC)CC21. The van der Waals surface area contributed by atoms with E-state index >= 15 is 0 Å². The smallest absolute Gasteiger partial charge is 0.305 e. The molecule has 2 fully saturated rings. The Labute approximate surface area is 191 Å². The van der Waals surface area contributed by atoms with E-state index in [9.17, 15) is 14.3 Å². The molecule has 0 aromatic rings. The van der Waals surface area contributed by atoms with E-state index in [2.05, 4.69) is 25.4 Å². The summed E-state index contributed by atoms with van der Waals surface area (Å²) >= 11 is 3.76. The van der Waals surface area contributed by atoms with E-state index in [0.717, 1.165) is 44.9 Å². The minimum Gasteiger partial charge on any atom is -0.466 e. The van der Waals surface area contributed by atoms with Gasteiger partial charge < -0.3 is 19.1 Å². The Morgan fingerprint density at radius 1 is 1.27 bits per heavy atom. The number of ether oxygens (including phenoxy) is 2. The molecule has 176 valence electrons. The largest absolute Gasteiger partial charge is 0.466 e. The summed E-state index contributed by atoms with van der Waals surface area (Å²) in [4.78, 5) is 11.7. The molecular weight excluding hydrogens is 474 g/mol. The molecule has 0 spiro atoms. The second-order valence-electron chi connectivity index (χ2n) is 8.70. The van der Waals surface area contributed by atoms with E-state index in [1.54, 1.807) is 0 Å². The molecule has 0 aromatic heterocycles. The van der Waals surface area contributed by atoms with Crippen LogP contribution in [0.25, 0.3) is 0 Å². The van der Waals surface area contributed by atoms with E-state index < -0.39 is 12.3 Å². The zero-order valence-electron chi connectivity index (χ0n) is 18.3. The summed E-state index contributed by atoms with van der Waals surface area (Å²) in [6, 6.07) is 0. The summed E-state index contributed by atoms with van der Waals surface area (Å²) in [5.41, 5.74) is 0. The second kappa shape index (κ2) is 13.7. The Kier molecular flexibility index (Phi) is 12.1. The minimum atomic E-state index is -1.14. The number of esters is 1. The fourth-order valence-electron chi connectivity index (χ4n) is 4.95. The maximum atomic E-state index is 14.1. The van der Waals surface area contributed by atoms with Crippen molar-refractivity contribution in [3.63, 3.8) is 0 Å². The van der Waals surface area contributed by atoms with Crippen LogP contribution in [0.2, 0.25) is 0 Å². The predicted octanol–water partition coefficient (Wildman–Crippen LogP) is 5.12. The summed E-state index contributed by atoms with van der Waals surface area (Å²) < 4.78 is 31.1. The highest BCUT2D eigenvalue weighted by Gasteiger charge is 2.50. The first-order valence-corrected chi connectivity index (χ1v) is 12.9. The van der Waals surface area contributed by atoms with E-state index in [1.807, 2.05) is 13.8 Å². The molecule has 30 heavy (non-hydrogen) atoms. The molecule has 0 radical (unpaired) electrons. The molecule has 0 aromatic carbocycles. The molecule has 1 aliphatic heterocycles. The van der Waals surface area contributed by atoms with Crippen molar-refractivity contribution in [1.29, 1.82) is 0 Å². The van der Waals surface area contributed by atoms with E-state index in [1.165, 1.54) is 0 Å². The lowest BCUT2D eigenvalue weighted by atomic mass is 9.85. The van der Waals surface area contributed by atoms with Crippen LogP contribution in [0.4, 0.5) is 4.39 Å². The average molecular weight is 513 g/mol. The van der Waals surface area contributed by atoms with Crippen molar-refractivity contribution in [2.45, 2.75) is 113 Å². The Balaban J connectivity index is 1.81. The van der Waals surface area contributed by atoms with E-state index in [-0.39, 0.29) is 35.0 Å². The number of hydrogen-bond donors (Lipinski definition) is 1. The molecule has 8 unspecified atom stereocenters. The number of carbonyl (C=O) groups excluding carboxylic acids is 1. The number of halogens is 2. The number of unbranched alkanes of at least 4 members (excludes halogenated alkanes) is 1. The molecule has 0 amide bonds. The Morgan fingerprint density at radius 3 is 2.70 bits per heavy atom. The standard InChI is InChI=1S/C22H39BrFO5P/c1-3-5-8-17(24)18(25)11-10-14-15-12-21(28-19(15)13-20(14)29-30)16(23)7-6-9-22(26)27-4-2/h14-21,25H,3-13,30H2,1-2H3/t14-,15?,16?,17?,18?,19?,20?,21?/m1/s1. The van der Waals surface area contributed by atoms with Gasteiger partial charge in [-0.05, 0) is 57.3 Å². The van der Waals surface area contributed by atoms with Gasteiger partial charge in [0.05, 0.1) is 31.0 Å². The molecular formula is C22H39BrFO5P. The fraction of sp³-hybridized carbons (Fsp3) is 0.955. The molecule has 0 bridgehead atoms. The van der Waals surface area contributed by atoms with Gasteiger partial charge >= 0.3 is 5.97 Å². The number of aliphatic hydroxyl groups excluding tert-OH is 1. The van der Waals surface area contributed by atoms with Crippen LogP contribution in [0.15, 0.2) is 0 Å². The summed E-state index contributed by atoms with van der Waals surface area (Å²) in [5, 5.41) is 10.2. The van der Waals surface area contributed by atoms with Crippen molar-refractivity contribution in [2.24, 2.45) is 11.8 Å². The molecule has 9 atom stereocenters. The second-order valence-corrected chi connectivity index (χ2v) is 10.2. The number of aliphatic hydroxyl groups is 1. The molecule has 1 aliphatic carbocycles. The Hall–Kier alpha value is 0.190. The lowest BCUT2D eigenvalue weighted by molar-refractivity contribution is -0.143. The zero-order chi connectivity index (χ0) is 22.1. The van der Waals surface area contributed by atoms with Gasteiger partial charge in [0, 0.05) is 27.1 Å². The van der Waals surface area contributed by atoms with Gasteiger partial charge in [-0.15, -0.1) is 0 Å². The molecule has 1 saturated heterocycles. The van der Waals surface area contributed by atoms with Crippen molar-refractivity contribution in [1.82, 2.24) is 0 Å². The first-order valence-electron chi connectivity index (χ1n) is 11.5. The first-order chi connectivity index (χ1) is 14.4. The number of carbonyl (C=O) groups is 1. The van der Waals surface area contributed by atoms with Crippen LogP contribution in [-0.4, -0.2) is 53.1 Å². The van der Waals surface area contributed by atoms with Gasteiger partial charge in [0.2, 0.25) is 0 Å². The number of rotatable bonds is 14. The first kappa shape index (κ1) is 26.4. The fourth-order valence-corrected chi connectivity index (χ4v) is 5.92. The highest BCUT2D eigenvalue weighted by molar-refractivity contribution is 9.09. The van der Waals surface area contributed by atoms with Crippen molar-refractivity contribution in [3.8, 4) is 0 Å². The van der Waals surface area contributed by atoms with Gasteiger partial charge in [-0.1, -0.05) is 35.7 Å². The van der Waals surface area contributed by atoms with Crippen molar-refractivity contribution >= 4 is 31.4 Å². The van der Waals surface area contributed by atoms with Gasteiger partial charge in [0.15, 0.2) is 0 Å². The van der Waals surface area contributed by atoms with Crippen molar-refractivity contribution in [3.05, 3.63) is 0 Å². The lowest BCUT2D eigenvalue weighted by Gasteiger charge is -2.26. The highest BCUT2D eigenvalue weighted by Crippen LogP contribution is 2.48. The van der Waals surface area contributed by atoms with Crippen LogP contribution in [0.3, 0.4) is 0 Å². The van der Waals surface area contributed by atoms with Gasteiger partial charge in [-0.3, -0.25) is 4.79 Å². The van der Waals surface area contributed by atoms with Crippen LogP contribution in [0.1, 0.15) is 78.1 Å². The van der Waals surface area contributed by atoms with E-state index in [0.29, 0.717) is 31.8 Å². The van der Waals surface area contributed by atoms with E-state index in [4.69, 9.17) is 14.0 Å². The quantitative estimate of drug-likeness (QED) is 0.199. The third kappa shape index (κ3) is 7.65. The van der Waals surface area contributed by atoms with Crippen molar-refractivity contribution in [2.75, 3.05) is 6.61 Å². The van der Waals surface area contributed by atoms with Gasteiger partial charge in [0.25, 0.3) is 0 Å². The van der Waals surface area contributed by atoms with Gasteiger partial charge in [-0.2, -0.15) is 0 Å². The number of fused-ring (bicyclic) bond motifs is 1. The topological polar surface area (TPSA) is 65.0 Å². The summed E-state index contributed by atoms with van der Waals surface area (Å²) in [5.74, 6) is 0.488. The predicted molar refractivity (Wildman–Crippen MR) is 122 cm³/mol. The molecule has 2 aliphatic rings. The minimum absolute atomic E-state index is 0.0736. The Morgan fingerprint density at radius 2 is 2.03 bits per heavy atom. The zero-order valence-corrected chi connectivity index (χ0v) is 21.1. The highest BCUT2D eigenvalue weighted by atomic mass is 79.9. The molecule has 1 N–H and O–H groups in total. The van der Waals surface area contributed by atoms with Crippen LogP contribution < -0.4 is 0 Å². The molecule has 5 nitrogen and oxygen atoms in total. The van der Waals surface area contributed by atoms with Gasteiger partial charge in [-0.25, -0.2) is 4.39 Å². The molecule has 1 saturated carbocycles. The maximum absolute atomic E-state index is 14.1. The average Bonchev–Trinajstić information content (AvgIpc) is 3.28. The molecule has 8 heteroatoms. The van der Waals surface area contributed by atoms with Crippen LogP contribution >= 0.6 is 25.4 Å². The van der Waals surface area contributed by atoms with Crippen LogP contribution in [0.5, 0.6) is 0 Å². The van der Waals surface area contributed by atoms with Crippen molar-refractivity contribution < 1.29 is 28.3 Å². The molecule has 1 heterocycles. The maximum Gasteiger partial charge on any atom is 0.305 e. The normalized spacial score (nSPS) is 31.3. The number of hydrogen-bond acceptors (Lipinski definition) is 5. The van der Waals surface area contributed by atoms with Crippen LogP contribution in [-0.2, 0) is 18.8 Å². The summed E-state index contributed by atoms with van der Waals surface area (Å²) in [6.07, 6.45) is 5.51. The monoisotopic (exact) mass is 512 g/mol. The van der Waals surface area contributed by atoms with Gasteiger partial charge in [0.1, 0.15) is 6.17 Å². The third-order valence-electron chi connectivity index (χ3n) is 6.61. The lowest BCUT2D eigenvalue weighted by Crippen LogP contribution is -2.28. The summed E-state index contributed by atoms with van der Waals surface area (Å²) in [6.45, 7) is 4.27. The Bertz CT molecular complexity index is 514. The van der Waals surface area contributed by atoms with Crippen LogP contribution in [0, 0.1) is 11.8 Å². The third-order valence-corrected chi connectivity index (χ3v) is 8.01. The molecule has 2 rings (SSSR count).